The minimum Gasteiger partial charge on any atom is -0.439 e. The average molecular weight is 228 g/mol. The predicted molar refractivity (Wildman–Crippen MR) is 69.5 cm³/mol. The van der Waals surface area contributed by atoms with E-state index in [1.165, 1.54) is 0 Å². The molecule has 0 bridgehead atoms. The second-order valence-corrected chi connectivity index (χ2v) is 4.08. The maximum atomic E-state index is 5.65. The van der Waals surface area contributed by atoms with Gasteiger partial charge in [0.25, 0.3) is 0 Å². The van der Waals surface area contributed by atoms with Crippen LogP contribution in [0.4, 0.5) is 5.82 Å². The van der Waals surface area contributed by atoms with Crippen molar-refractivity contribution in [3.05, 3.63) is 48.5 Å². The van der Waals surface area contributed by atoms with E-state index in [9.17, 15) is 0 Å². The summed E-state index contributed by atoms with van der Waals surface area (Å²) in [5.41, 5.74) is 0. The highest BCUT2D eigenvalue weighted by Gasteiger charge is 2.01. The number of aromatic nitrogens is 1. The average Bonchev–Trinajstić information content (AvgIpc) is 2.30. The van der Waals surface area contributed by atoms with Crippen LogP contribution in [0.3, 0.4) is 0 Å². The molecule has 0 unspecified atom stereocenters. The predicted octanol–water partition coefficient (Wildman–Crippen LogP) is 3.69. The Morgan fingerprint density at radius 3 is 2.47 bits per heavy atom. The third-order valence-corrected chi connectivity index (χ3v) is 2.13. The van der Waals surface area contributed by atoms with Gasteiger partial charge in [0.15, 0.2) is 0 Å². The lowest BCUT2D eigenvalue weighted by atomic mass is 10.3. The van der Waals surface area contributed by atoms with Crippen molar-refractivity contribution in [2.24, 2.45) is 0 Å². The number of hydrogen-bond donors (Lipinski definition) is 1. The fourth-order valence-corrected chi connectivity index (χ4v) is 1.46. The molecule has 0 atom stereocenters. The summed E-state index contributed by atoms with van der Waals surface area (Å²) in [5.74, 6) is 2.22. The number of rotatable bonds is 4. The fraction of sp³-hybridized carbons (Fsp3) is 0.214. The summed E-state index contributed by atoms with van der Waals surface area (Å²) in [6.07, 6.45) is 0. The van der Waals surface area contributed by atoms with E-state index in [0.29, 0.717) is 11.9 Å². The van der Waals surface area contributed by atoms with E-state index in [-0.39, 0.29) is 0 Å². The number of ether oxygens (including phenoxy) is 1. The van der Waals surface area contributed by atoms with Gasteiger partial charge >= 0.3 is 0 Å². The van der Waals surface area contributed by atoms with Gasteiger partial charge in [-0.25, -0.2) is 0 Å². The highest BCUT2D eigenvalue weighted by atomic mass is 16.5. The van der Waals surface area contributed by atoms with E-state index in [1.807, 2.05) is 48.5 Å². The molecule has 0 saturated heterocycles. The van der Waals surface area contributed by atoms with E-state index >= 15 is 0 Å². The number of benzene rings is 1. The largest absolute Gasteiger partial charge is 0.439 e. The molecule has 1 heterocycles. The van der Waals surface area contributed by atoms with Gasteiger partial charge in [-0.3, -0.25) is 0 Å². The van der Waals surface area contributed by atoms with Crippen molar-refractivity contribution in [2.45, 2.75) is 19.9 Å². The van der Waals surface area contributed by atoms with Gasteiger partial charge in [0.1, 0.15) is 11.6 Å². The molecular formula is C14H16N2O. The summed E-state index contributed by atoms with van der Waals surface area (Å²) >= 11 is 0. The van der Waals surface area contributed by atoms with Crippen LogP contribution in [0.5, 0.6) is 11.6 Å². The van der Waals surface area contributed by atoms with Gasteiger partial charge in [0.05, 0.1) is 0 Å². The zero-order valence-corrected chi connectivity index (χ0v) is 10.1. The Morgan fingerprint density at radius 1 is 1.00 bits per heavy atom. The Hall–Kier alpha value is -2.03. The van der Waals surface area contributed by atoms with Crippen LogP contribution in [0.1, 0.15) is 13.8 Å². The van der Waals surface area contributed by atoms with Crippen LogP contribution >= 0.6 is 0 Å². The van der Waals surface area contributed by atoms with Gasteiger partial charge < -0.3 is 10.1 Å². The normalized spacial score (nSPS) is 10.3. The molecule has 3 nitrogen and oxygen atoms in total. The zero-order chi connectivity index (χ0) is 12.1. The Balaban J connectivity index is 2.11. The third kappa shape index (κ3) is 3.48. The Kier molecular flexibility index (Phi) is 3.60. The topological polar surface area (TPSA) is 34.1 Å². The van der Waals surface area contributed by atoms with E-state index in [1.54, 1.807) is 0 Å². The van der Waals surface area contributed by atoms with Crippen LogP contribution in [0.15, 0.2) is 48.5 Å². The molecule has 0 radical (unpaired) electrons. The summed E-state index contributed by atoms with van der Waals surface area (Å²) in [6.45, 7) is 4.15. The summed E-state index contributed by atoms with van der Waals surface area (Å²) < 4.78 is 5.65. The molecule has 1 aromatic heterocycles. The molecule has 0 amide bonds. The standard InChI is InChI=1S/C14H16N2O/c1-11(2)15-13-9-6-10-14(16-13)17-12-7-4-3-5-8-12/h3-11H,1-2H3,(H,15,16). The van der Waals surface area contributed by atoms with Crippen molar-refractivity contribution < 1.29 is 4.74 Å². The highest BCUT2D eigenvalue weighted by Crippen LogP contribution is 2.20. The van der Waals surface area contributed by atoms with Crippen LogP contribution < -0.4 is 10.1 Å². The maximum Gasteiger partial charge on any atom is 0.221 e. The zero-order valence-electron chi connectivity index (χ0n) is 10.1. The minimum atomic E-state index is 0.356. The van der Waals surface area contributed by atoms with E-state index in [4.69, 9.17) is 4.74 Å². The lowest BCUT2D eigenvalue weighted by Gasteiger charge is -2.10. The molecule has 0 fully saturated rings. The van der Waals surface area contributed by atoms with Crippen molar-refractivity contribution in [3.8, 4) is 11.6 Å². The molecule has 2 aromatic rings. The number of anilines is 1. The molecule has 0 aliphatic rings. The van der Waals surface area contributed by atoms with E-state index < -0.39 is 0 Å². The fourth-order valence-electron chi connectivity index (χ4n) is 1.46. The second-order valence-electron chi connectivity index (χ2n) is 4.08. The monoisotopic (exact) mass is 228 g/mol. The van der Waals surface area contributed by atoms with Gasteiger partial charge in [-0.2, -0.15) is 4.98 Å². The van der Waals surface area contributed by atoms with Gasteiger partial charge in [-0.05, 0) is 32.0 Å². The Bertz CT molecular complexity index is 469. The smallest absolute Gasteiger partial charge is 0.221 e. The van der Waals surface area contributed by atoms with Gasteiger partial charge in [-0.1, -0.05) is 24.3 Å². The molecule has 17 heavy (non-hydrogen) atoms. The SMILES string of the molecule is CC(C)Nc1cccc(Oc2ccccc2)n1. The van der Waals surface area contributed by atoms with Crippen LogP contribution in [0.2, 0.25) is 0 Å². The molecule has 88 valence electrons. The van der Waals surface area contributed by atoms with Crippen LogP contribution in [0.25, 0.3) is 0 Å². The first-order valence-corrected chi connectivity index (χ1v) is 5.70. The second kappa shape index (κ2) is 5.34. The van der Waals surface area contributed by atoms with Crippen molar-refractivity contribution >= 4 is 5.82 Å². The van der Waals surface area contributed by atoms with Crippen LogP contribution in [0, 0.1) is 0 Å². The number of pyridine rings is 1. The first-order valence-electron chi connectivity index (χ1n) is 5.70. The third-order valence-electron chi connectivity index (χ3n) is 2.13. The molecule has 0 aliphatic heterocycles. The highest BCUT2D eigenvalue weighted by molar-refractivity contribution is 5.39. The van der Waals surface area contributed by atoms with Crippen molar-refractivity contribution in [1.29, 1.82) is 0 Å². The lowest BCUT2D eigenvalue weighted by Crippen LogP contribution is -2.10. The van der Waals surface area contributed by atoms with Crippen molar-refractivity contribution in [2.75, 3.05) is 5.32 Å². The molecule has 1 N–H and O–H groups in total. The number of nitrogens with one attached hydrogen (secondary N) is 1. The molecule has 1 aromatic carbocycles. The quantitative estimate of drug-likeness (QED) is 0.866. The van der Waals surface area contributed by atoms with Gasteiger partial charge in [0.2, 0.25) is 5.88 Å². The van der Waals surface area contributed by atoms with Gasteiger partial charge in [0, 0.05) is 12.1 Å². The summed E-state index contributed by atoms with van der Waals surface area (Å²) in [5, 5.41) is 3.24. The molecule has 0 aliphatic carbocycles. The summed E-state index contributed by atoms with van der Waals surface area (Å²) in [4.78, 5) is 4.37. The number of nitrogens with zero attached hydrogens (tertiary/aromatic N) is 1. The number of para-hydroxylation sites is 1. The summed E-state index contributed by atoms with van der Waals surface area (Å²) in [7, 11) is 0. The first kappa shape index (κ1) is 11.5. The molecule has 0 spiro atoms. The number of hydrogen-bond acceptors (Lipinski definition) is 3. The Labute approximate surface area is 101 Å². The molecular weight excluding hydrogens is 212 g/mol. The van der Waals surface area contributed by atoms with Gasteiger partial charge in [-0.15, -0.1) is 0 Å². The van der Waals surface area contributed by atoms with Crippen LogP contribution in [-0.2, 0) is 0 Å². The summed E-state index contributed by atoms with van der Waals surface area (Å²) in [6, 6.07) is 15.7. The molecule has 3 heteroatoms. The lowest BCUT2D eigenvalue weighted by molar-refractivity contribution is 0.463. The van der Waals surface area contributed by atoms with Crippen molar-refractivity contribution in [1.82, 2.24) is 4.98 Å². The van der Waals surface area contributed by atoms with E-state index in [2.05, 4.69) is 24.1 Å². The molecule has 2 rings (SSSR count). The maximum absolute atomic E-state index is 5.65. The van der Waals surface area contributed by atoms with E-state index in [0.717, 1.165) is 11.6 Å². The first-order chi connectivity index (χ1) is 8.24. The molecule has 0 saturated carbocycles. The minimum absolute atomic E-state index is 0.356. The Morgan fingerprint density at radius 2 is 1.76 bits per heavy atom. The van der Waals surface area contributed by atoms with Crippen LogP contribution in [-0.4, -0.2) is 11.0 Å². The van der Waals surface area contributed by atoms with Crippen molar-refractivity contribution in [3.63, 3.8) is 0 Å².